The number of nitrogens with one attached hydrogen (secondary N) is 2. The lowest BCUT2D eigenvalue weighted by atomic mass is 9.76. The summed E-state index contributed by atoms with van der Waals surface area (Å²) in [5.41, 5.74) is 6.18. The second-order valence-electron chi connectivity index (χ2n) is 10.5. The predicted molar refractivity (Wildman–Crippen MR) is 184 cm³/mol. The van der Waals surface area contributed by atoms with Gasteiger partial charge >= 0.3 is 0 Å². The summed E-state index contributed by atoms with van der Waals surface area (Å²) in [6.45, 7) is 10.8. The van der Waals surface area contributed by atoms with E-state index >= 15 is 0 Å². The zero-order valence-electron chi connectivity index (χ0n) is 27.3. The standard InChI is InChI=1S/C26H31Cl2N3O4S.C4H10.C2H6.CH5N/c1-3-14-29-25(32)23-17-8-4-5-9-18(17)26(33)31(24(23)19-13-12-16(27)15-20(19)28)22-11-7-6-10-21(22)30-36(2,34)35;1-3-4-2;2*1-2/h4-5,8-9,12-13,15,21-24,30H,3,6-7,10-11,14H2,1-2H3,(H,29,32);3-4H2,1-2H3;1-2H3;2H2,1H3/t21-,22-,23+,24-;;;/m0.../s1. The monoisotopic (exact) mass is 670 g/mol. The fraction of sp³-hybridized carbons (Fsp3) is 0.576. The lowest BCUT2D eigenvalue weighted by Crippen LogP contribution is -2.59. The molecule has 0 aromatic heterocycles. The van der Waals surface area contributed by atoms with Gasteiger partial charge < -0.3 is 16.0 Å². The molecule has 2 aliphatic rings. The van der Waals surface area contributed by atoms with Gasteiger partial charge in [-0.15, -0.1) is 0 Å². The Morgan fingerprint density at radius 2 is 1.57 bits per heavy atom. The first kappa shape index (κ1) is 39.9. The number of rotatable bonds is 8. The van der Waals surface area contributed by atoms with Crippen molar-refractivity contribution in [3.63, 3.8) is 0 Å². The van der Waals surface area contributed by atoms with E-state index in [4.69, 9.17) is 23.2 Å². The Morgan fingerprint density at radius 1 is 0.955 bits per heavy atom. The van der Waals surface area contributed by atoms with Gasteiger partial charge in [0.1, 0.15) is 0 Å². The van der Waals surface area contributed by atoms with Gasteiger partial charge in [-0.05, 0) is 55.6 Å². The van der Waals surface area contributed by atoms with E-state index in [2.05, 4.69) is 29.6 Å². The minimum absolute atomic E-state index is 0.207. The van der Waals surface area contributed by atoms with Crippen molar-refractivity contribution >= 4 is 45.0 Å². The minimum atomic E-state index is -3.52. The summed E-state index contributed by atoms with van der Waals surface area (Å²) < 4.78 is 27.2. The second-order valence-corrected chi connectivity index (χ2v) is 13.2. The van der Waals surface area contributed by atoms with Crippen LogP contribution in [0.2, 0.25) is 10.0 Å². The number of halogens is 2. The number of benzene rings is 2. The normalized spacial score (nSPS) is 20.9. The van der Waals surface area contributed by atoms with Crippen molar-refractivity contribution in [2.45, 2.75) is 104 Å². The maximum Gasteiger partial charge on any atom is 0.255 e. The highest BCUT2D eigenvalue weighted by Crippen LogP contribution is 2.47. The second kappa shape index (κ2) is 20.1. The Labute approximate surface area is 275 Å². The van der Waals surface area contributed by atoms with Crippen LogP contribution >= 0.6 is 23.2 Å². The smallest absolute Gasteiger partial charge is 0.255 e. The molecule has 11 heteroatoms. The van der Waals surface area contributed by atoms with Crippen LogP contribution in [0, 0.1) is 0 Å². The molecule has 0 bridgehead atoms. The Hall–Kier alpha value is -2.17. The van der Waals surface area contributed by atoms with E-state index < -0.39 is 34.1 Å². The lowest BCUT2D eigenvalue weighted by molar-refractivity contribution is -0.124. The summed E-state index contributed by atoms with van der Waals surface area (Å²) in [5.74, 6) is -1.18. The van der Waals surface area contributed by atoms with Gasteiger partial charge in [0.25, 0.3) is 5.91 Å². The van der Waals surface area contributed by atoms with E-state index in [1.54, 1.807) is 35.2 Å². The number of nitrogens with two attached hydrogens (primary N) is 1. The van der Waals surface area contributed by atoms with Gasteiger partial charge in [0.2, 0.25) is 15.9 Å². The van der Waals surface area contributed by atoms with Crippen LogP contribution < -0.4 is 15.8 Å². The SMILES string of the molecule is CC.CCCC.CCCNC(=O)[C@@H]1c2ccccc2C(=O)N([C@H]2CCCC[C@@H]2NS(C)(=O)=O)[C@H]1c1ccc(Cl)cc1Cl.CN. The quantitative estimate of drug-likeness (QED) is 0.277. The first-order valence-corrected chi connectivity index (χ1v) is 18.4. The zero-order valence-corrected chi connectivity index (χ0v) is 29.7. The number of unbranched alkanes of at least 4 members (excludes halogenated alkanes) is 1. The molecule has 1 heterocycles. The number of fused-ring (bicyclic) bond motifs is 1. The van der Waals surface area contributed by atoms with Gasteiger partial charge in [-0.25, -0.2) is 13.1 Å². The molecule has 0 spiro atoms. The molecule has 4 N–H and O–H groups in total. The van der Waals surface area contributed by atoms with E-state index in [0.29, 0.717) is 46.1 Å². The molecule has 248 valence electrons. The largest absolute Gasteiger partial charge is 0.356 e. The van der Waals surface area contributed by atoms with Gasteiger partial charge in [0.15, 0.2) is 0 Å². The summed E-state index contributed by atoms with van der Waals surface area (Å²) >= 11 is 12.9. The molecule has 8 nitrogen and oxygen atoms in total. The first-order chi connectivity index (χ1) is 21.0. The molecule has 2 aromatic rings. The van der Waals surface area contributed by atoms with Gasteiger partial charge in [-0.2, -0.15) is 0 Å². The molecular formula is C33H52Cl2N4O4S. The molecule has 4 rings (SSSR count). The first-order valence-electron chi connectivity index (χ1n) is 15.7. The van der Waals surface area contributed by atoms with Crippen LogP contribution in [0.3, 0.4) is 0 Å². The maximum absolute atomic E-state index is 14.1. The van der Waals surface area contributed by atoms with Crippen molar-refractivity contribution in [3.8, 4) is 0 Å². The van der Waals surface area contributed by atoms with E-state index in [1.807, 2.05) is 32.9 Å². The van der Waals surface area contributed by atoms with Crippen molar-refractivity contribution in [1.29, 1.82) is 0 Å². The molecule has 0 unspecified atom stereocenters. The highest BCUT2D eigenvalue weighted by atomic mass is 35.5. The van der Waals surface area contributed by atoms with Gasteiger partial charge in [0.05, 0.1) is 18.2 Å². The Bertz CT molecular complexity index is 1290. The molecule has 1 aliphatic heterocycles. The fourth-order valence-corrected chi connectivity index (χ4v) is 6.83. The predicted octanol–water partition coefficient (Wildman–Crippen LogP) is 7.07. The average Bonchev–Trinajstić information content (AvgIpc) is 3.02. The van der Waals surface area contributed by atoms with Crippen molar-refractivity contribution in [3.05, 3.63) is 69.2 Å². The van der Waals surface area contributed by atoms with Gasteiger partial charge in [-0.1, -0.05) is 108 Å². The van der Waals surface area contributed by atoms with E-state index in [1.165, 1.54) is 19.9 Å². The molecule has 1 fully saturated rings. The number of sulfonamides is 1. The summed E-state index contributed by atoms with van der Waals surface area (Å²) in [4.78, 5) is 29.5. The molecular weight excluding hydrogens is 619 g/mol. The van der Waals surface area contributed by atoms with Gasteiger partial charge in [0, 0.05) is 34.2 Å². The highest BCUT2D eigenvalue weighted by Gasteiger charge is 2.49. The van der Waals surface area contributed by atoms with E-state index in [9.17, 15) is 18.0 Å². The summed E-state index contributed by atoms with van der Waals surface area (Å²) in [5, 5.41) is 3.80. The van der Waals surface area contributed by atoms with E-state index in [0.717, 1.165) is 25.5 Å². The zero-order chi connectivity index (χ0) is 33.4. The van der Waals surface area contributed by atoms with Crippen molar-refractivity contribution < 1.29 is 18.0 Å². The number of nitrogens with zero attached hydrogens (tertiary/aromatic N) is 1. The number of hydrogen-bond acceptors (Lipinski definition) is 5. The van der Waals surface area contributed by atoms with Crippen LogP contribution in [0.15, 0.2) is 42.5 Å². The third-order valence-corrected chi connectivity index (χ3v) is 8.73. The third-order valence-electron chi connectivity index (χ3n) is 7.44. The number of carbonyl (C=O) groups is 2. The molecule has 1 aliphatic carbocycles. The summed E-state index contributed by atoms with van der Waals surface area (Å²) in [6.07, 6.45) is 7.41. The van der Waals surface area contributed by atoms with Crippen molar-refractivity contribution in [2.75, 3.05) is 19.8 Å². The Morgan fingerprint density at radius 3 is 2.14 bits per heavy atom. The molecule has 2 amide bonds. The van der Waals surface area contributed by atoms with E-state index in [-0.39, 0.29) is 11.8 Å². The van der Waals surface area contributed by atoms with Crippen LogP contribution in [0.1, 0.15) is 113 Å². The minimum Gasteiger partial charge on any atom is -0.356 e. The molecule has 4 atom stereocenters. The van der Waals surface area contributed by atoms with Crippen LogP contribution in [0.5, 0.6) is 0 Å². The Kier molecular flexibility index (Phi) is 18.2. The highest BCUT2D eigenvalue weighted by molar-refractivity contribution is 7.88. The average molecular weight is 672 g/mol. The lowest BCUT2D eigenvalue weighted by Gasteiger charge is -2.49. The molecule has 2 aromatic carbocycles. The van der Waals surface area contributed by atoms with Crippen LogP contribution in [-0.2, 0) is 14.8 Å². The van der Waals surface area contributed by atoms with Crippen LogP contribution in [0.4, 0.5) is 0 Å². The molecule has 1 saturated carbocycles. The maximum atomic E-state index is 14.1. The van der Waals surface area contributed by atoms with Crippen molar-refractivity contribution in [1.82, 2.24) is 14.9 Å². The molecule has 44 heavy (non-hydrogen) atoms. The summed E-state index contributed by atoms with van der Waals surface area (Å²) in [6, 6.07) is 10.5. The number of hydrogen-bond donors (Lipinski definition) is 3. The fourth-order valence-electron chi connectivity index (χ4n) is 5.49. The Balaban J connectivity index is 0.00000110. The molecule has 0 radical (unpaired) electrons. The number of amides is 2. The van der Waals surface area contributed by atoms with Crippen LogP contribution in [-0.4, -0.2) is 57.1 Å². The van der Waals surface area contributed by atoms with Crippen molar-refractivity contribution in [2.24, 2.45) is 5.73 Å². The topological polar surface area (TPSA) is 122 Å². The van der Waals surface area contributed by atoms with Crippen LogP contribution in [0.25, 0.3) is 0 Å². The third kappa shape index (κ3) is 10.7. The summed E-state index contributed by atoms with van der Waals surface area (Å²) in [7, 11) is -2.02. The molecule has 0 saturated heterocycles. The van der Waals surface area contributed by atoms with Gasteiger partial charge in [-0.3, -0.25) is 9.59 Å². The number of carbonyl (C=O) groups excluding carboxylic acids is 2.